The highest BCUT2D eigenvalue weighted by Gasteiger charge is 2.26. The SMILES string of the molecule is CCc1nc(CN(Cc2cccc(O)c2)C2CCC(O)CC2)no1. The molecule has 1 aliphatic rings. The fraction of sp³-hybridized carbons (Fsp3) is 0.556. The molecule has 2 N–H and O–H groups in total. The molecule has 1 aromatic heterocycles. The van der Waals surface area contributed by atoms with Gasteiger partial charge in [-0.25, -0.2) is 0 Å². The molecule has 24 heavy (non-hydrogen) atoms. The number of phenolic OH excluding ortho intramolecular Hbond substituents is 1. The molecule has 0 aliphatic heterocycles. The topological polar surface area (TPSA) is 82.6 Å². The molecular formula is C18H25N3O3. The van der Waals surface area contributed by atoms with E-state index < -0.39 is 0 Å². The van der Waals surface area contributed by atoms with E-state index in [2.05, 4.69) is 15.0 Å². The van der Waals surface area contributed by atoms with Crippen LogP contribution >= 0.6 is 0 Å². The zero-order chi connectivity index (χ0) is 16.9. The highest BCUT2D eigenvalue weighted by atomic mass is 16.5. The molecule has 1 saturated carbocycles. The Labute approximate surface area is 142 Å². The minimum atomic E-state index is -0.180. The number of aryl methyl sites for hydroxylation is 1. The van der Waals surface area contributed by atoms with E-state index in [1.54, 1.807) is 12.1 Å². The van der Waals surface area contributed by atoms with Gasteiger partial charge in [0.25, 0.3) is 0 Å². The lowest BCUT2D eigenvalue weighted by Crippen LogP contribution is -2.38. The Balaban J connectivity index is 1.74. The third kappa shape index (κ3) is 4.33. The molecule has 130 valence electrons. The zero-order valence-corrected chi connectivity index (χ0v) is 14.1. The van der Waals surface area contributed by atoms with Gasteiger partial charge in [-0.2, -0.15) is 4.98 Å². The van der Waals surface area contributed by atoms with Crippen molar-refractivity contribution in [3.05, 3.63) is 41.5 Å². The van der Waals surface area contributed by atoms with Gasteiger partial charge in [-0.15, -0.1) is 0 Å². The number of phenols is 1. The zero-order valence-electron chi connectivity index (χ0n) is 14.1. The number of hydrogen-bond acceptors (Lipinski definition) is 6. The van der Waals surface area contributed by atoms with E-state index in [1.807, 2.05) is 19.1 Å². The number of rotatable bonds is 6. The van der Waals surface area contributed by atoms with E-state index in [1.165, 1.54) is 0 Å². The Bertz CT molecular complexity index is 650. The first-order chi connectivity index (χ1) is 11.6. The van der Waals surface area contributed by atoms with Gasteiger partial charge in [0, 0.05) is 19.0 Å². The monoisotopic (exact) mass is 331 g/mol. The number of nitrogens with zero attached hydrogens (tertiary/aromatic N) is 3. The number of aliphatic hydroxyl groups excluding tert-OH is 1. The lowest BCUT2D eigenvalue weighted by molar-refractivity contribution is 0.0649. The molecule has 1 aromatic carbocycles. The molecule has 6 heteroatoms. The molecule has 2 aromatic rings. The van der Waals surface area contributed by atoms with Crippen LogP contribution < -0.4 is 0 Å². The summed E-state index contributed by atoms with van der Waals surface area (Å²) in [6, 6.07) is 7.71. The minimum Gasteiger partial charge on any atom is -0.508 e. The molecule has 0 amide bonds. The Hall–Kier alpha value is -1.92. The van der Waals surface area contributed by atoms with Gasteiger partial charge in [-0.3, -0.25) is 4.90 Å². The fourth-order valence-electron chi connectivity index (χ4n) is 3.31. The second-order valence-electron chi connectivity index (χ2n) is 6.50. The predicted octanol–water partition coefficient (Wildman–Crippen LogP) is 2.64. The van der Waals surface area contributed by atoms with Gasteiger partial charge in [0.2, 0.25) is 5.89 Å². The normalized spacial score (nSPS) is 21.3. The summed E-state index contributed by atoms with van der Waals surface area (Å²) < 4.78 is 5.22. The maximum atomic E-state index is 9.77. The predicted molar refractivity (Wildman–Crippen MR) is 89.3 cm³/mol. The molecule has 0 bridgehead atoms. The van der Waals surface area contributed by atoms with Crippen LogP contribution in [0.2, 0.25) is 0 Å². The summed E-state index contributed by atoms with van der Waals surface area (Å²) in [7, 11) is 0. The van der Waals surface area contributed by atoms with Crippen LogP contribution in [0.1, 0.15) is 49.9 Å². The summed E-state index contributed by atoms with van der Waals surface area (Å²) in [5, 5.41) is 23.5. The summed E-state index contributed by atoms with van der Waals surface area (Å²) in [5.74, 6) is 1.62. The van der Waals surface area contributed by atoms with Gasteiger partial charge in [0.15, 0.2) is 5.82 Å². The summed E-state index contributed by atoms with van der Waals surface area (Å²) in [4.78, 5) is 6.74. The first-order valence-electron chi connectivity index (χ1n) is 8.65. The number of aliphatic hydroxyl groups is 1. The molecule has 0 atom stereocenters. The maximum absolute atomic E-state index is 9.77. The molecule has 1 fully saturated rings. The Morgan fingerprint density at radius 3 is 2.67 bits per heavy atom. The van der Waals surface area contributed by atoms with Crippen molar-refractivity contribution in [3.8, 4) is 5.75 Å². The second kappa shape index (κ2) is 7.77. The van der Waals surface area contributed by atoms with Crippen molar-refractivity contribution in [2.24, 2.45) is 0 Å². The van der Waals surface area contributed by atoms with Crippen molar-refractivity contribution >= 4 is 0 Å². The second-order valence-corrected chi connectivity index (χ2v) is 6.50. The number of aromatic hydroxyl groups is 1. The summed E-state index contributed by atoms with van der Waals surface area (Å²) >= 11 is 0. The van der Waals surface area contributed by atoms with Crippen LogP contribution in [0, 0.1) is 0 Å². The van der Waals surface area contributed by atoms with Crippen molar-refractivity contribution in [2.45, 2.75) is 64.3 Å². The molecule has 0 saturated heterocycles. The first-order valence-corrected chi connectivity index (χ1v) is 8.65. The largest absolute Gasteiger partial charge is 0.508 e. The Morgan fingerprint density at radius 2 is 2.00 bits per heavy atom. The van der Waals surface area contributed by atoms with E-state index in [0.29, 0.717) is 30.8 Å². The van der Waals surface area contributed by atoms with Gasteiger partial charge >= 0.3 is 0 Å². The van der Waals surface area contributed by atoms with Gasteiger partial charge in [-0.05, 0) is 43.4 Å². The third-order valence-electron chi connectivity index (χ3n) is 4.64. The molecule has 3 rings (SSSR count). The van der Waals surface area contributed by atoms with Crippen LogP contribution in [-0.4, -0.2) is 37.4 Å². The molecule has 1 aliphatic carbocycles. The van der Waals surface area contributed by atoms with Crippen LogP contribution in [0.4, 0.5) is 0 Å². The van der Waals surface area contributed by atoms with E-state index in [4.69, 9.17) is 4.52 Å². The average molecular weight is 331 g/mol. The third-order valence-corrected chi connectivity index (χ3v) is 4.64. The molecule has 0 spiro atoms. The molecule has 6 nitrogen and oxygen atoms in total. The van der Waals surface area contributed by atoms with Crippen LogP contribution in [0.3, 0.4) is 0 Å². The number of benzene rings is 1. The van der Waals surface area contributed by atoms with Crippen LogP contribution in [-0.2, 0) is 19.5 Å². The lowest BCUT2D eigenvalue weighted by Gasteiger charge is -2.35. The fourth-order valence-corrected chi connectivity index (χ4v) is 3.31. The Morgan fingerprint density at radius 1 is 1.21 bits per heavy atom. The first kappa shape index (κ1) is 16.9. The van der Waals surface area contributed by atoms with Gasteiger partial charge in [0.05, 0.1) is 12.6 Å². The molecule has 0 unspecified atom stereocenters. The maximum Gasteiger partial charge on any atom is 0.226 e. The van der Waals surface area contributed by atoms with Crippen molar-refractivity contribution in [1.29, 1.82) is 0 Å². The standard InChI is InChI=1S/C18H25N3O3/c1-2-18-19-17(20-24-18)12-21(14-6-8-15(22)9-7-14)11-13-4-3-5-16(23)10-13/h3-5,10,14-15,22-23H,2,6-9,11-12H2,1H3. The van der Waals surface area contributed by atoms with Crippen LogP contribution in [0.5, 0.6) is 5.75 Å². The smallest absolute Gasteiger partial charge is 0.226 e. The highest BCUT2D eigenvalue weighted by Crippen LogP contribution is 2.26. The van der Waals surface area contributed by atoms with Gasteiger partial charge in [0.1, 0.15) is 5.75 Å². The highest BCUT2D eigenvalue weighted by molar-refractivity contribution is 5.27. The van der Waals surface area contributed by atoms with E-state index in [9.17, 15) is 10.2 Å². The van der Waals surface area contributed by atoms with E-state index >= 15 is 0 Å². The molecule has 0 radical (unpaired) electrons. The van der Waals surface area contributed by atoms with Crippen molar-refractivity contribution < 1.29 is 14.7 Å². The van der Waals surface area contributed by atoms with Gasteiger partial charge < -0.3 is 14.7 Å². The summed E-state index contributed by atoms with van der Waals surface area (Å²) in [6.07, 6.45) is 4.12. The van der Waals surface area contributed by atoms with Crippen LogP contribution in [0.15, 0.2) is 28.8 Å². The van der Waals surface area contributed by atoms with Crippen LogP contribution in [0.25, 0.3) is 0 Å². The number of hydrogen-bond donors (Lipinski definition) is 2. The Kier molecular flexibility index (Phi) is 5.48. The molecular weight excluding hydrogens is 306 g/mol. The van der Waals surface area contributed by atoms with Crippen molar-refractivity contribution in [1.82, 2.24) is 15.0 Å². The van der Waals surface area contributed by atoms with Gasteiger partial charge in [-0.1, -0.05) is 24.2 Å². The quantitative estimate of drug-likeness (QED) is 0.847. The van der Waals surface area contributed by atoms with Crippen molar-refractivity contribution in [3.63, 3.8) is 0 Å². The lowest BCUT2D eigenvalue weighted by atomic mass is 9.91. The van der Waals surface area contributed by atoms with E-state index in [0.717, 1.165) is 37.7 Å². The molecule has 1 heterocycles. The van der Waals surface area contributed by atoms with E-state index in [-0.39, 0.29) is 11.9 Å². The average Bonchev–Trinajstić information content (AvgIpc) is 3.03. The minimum absolute atomic E-state index is 0.180. The summed E-state index contributed by atoms with van der Waals surface area (Å²) in [6.45, 7) is 3.31. The van der Waals surface area contributed by atoms with Crippen molar-refractivity contribution in [2.75, 3.05) is 0 Å². The summed E-state index contributed by atoms with van der Waals surface area (Å²) in [5.41, 5.74) is 1.06. The number of aromatic nitrogens is 2.